The van der Waals surface area contributed by atoms with Crippen LogP contribution in [0.2, 0.25) is 0 Å². The lowest BCUT2D eigenvalue weighted by Gasteiger charge is -2.09. The highest BCUT2D eigenvalue weighted by molar-refractivity contribution is 5.78. The predicted molar refractivity (Wildman–Crippen MR) is 120 cm³/mol. The van der Waals surface area contributed by atoms with Crippen LogP contribution in [0.15, 0.2) is 72.1 Å². The molecular formula is C24H38N2O. The lowest BCUT2D eigenvalue weighted by molar-refractivity contribution is 0.259. The van der Waals surface area contributed by atoms with Crippen LogP contribution in [-0.2, 0) is 4.74 Å². The van der Waals surface area contributed by atoms with Crippen LogP contribution >= 0.6 is 0 Å². The molecule has 0 saturated heterocycles. The summed E-state index contributed by atoms with van der Waals surface area (Å²) in [5.74, 6) is 0. The topological polar surface area (TPSA) is 45.1 Å². The van der Waals surface area contributed by atoms with E-state index in [1.165, 1.54) is 11.1 Å². The first-order chi connectivity index (χ1) is 13.0. The fraction of sp³-hybridized carbons (Fsp3) is 0.458. The Hall–Kier alpha value is -2.13. The predicted octanol–water partition coefficient (Wildman–Crippen LogP) is 6.29. The highest BCUT2D eigenvalue weighted by atomic mass is 16.5. The van der Waals surface area contributed by atoms with Crippen molar-refractivity contribution in [3.05, 3.63) is 72.1 Å². The maximum atomic E-state index is 7.36. The molecule has 0 rings (SSSR count). The standard InChI is InChI=1S/C24H38N2O/c1-6-8-9-13-24(26-5)17-15-21(3)14-16-23(11-7-2)12-10-19-27-20-18-22(4)25/h6-8,10-12,14-15,17,19,24-26H,9,13,16,18,20H2,1-5H3/b8-6-,11-7-,17-15+,19-10+,21-14+,23-12+,25-22?. The highest BCUT2D eigenvalue weighted by Crippen LogP contribution is 2.10. The Labute approximate surface area is 166 Å². The Balaban J connectivity index is 4.61. The van der Waals surface area contributed by atoms with Gasteiger partial charge in [-0.15, -0.1) is 0 Å². The maximum Gasteiger partial charge on any atom is 0.0925 e. The molecule has 0 bridgehead atoms. The van der Waals surface area contributed by atoms with Crippen LogP contribution in [0, 0.1) is 5.41 Å². The van der Waals surface area contributed by atoms with Crippen LogP contribution < -0.4 is 5.32 Å². The molecule has 0 aromatic carbocycles. The van der Waals surface area contributed by atoms with Gasteiger partial charge >= 0.3 is 0 Å². The van der Waals surface area contributed by atoms with Gasteiger partial charge in [-0.3, -0.25) is 0 Å². The lowest BCUT2D eigenvalue weighted by Crippen LogP contribution is -2.22. The van der Waals surface area contributed by atoms with Crippen molar-refractivity contribution in [2.24, 2.45) is 0 Å². The van der Waals surface area contributed by atoms with E-state index in [1.54, 1.807) is 13.2 Å². The molecule has 27 heavy (non-hydrogen) atoms. The molecule has 3 nitrogen and oxygen atoms in total. The van der Waals surface area contributed by atoms with Crippen molar-refractivity contribution in [3.8, 4) is 0 Å². The second-order valence-electron chi connectivity index (χ2n) is 6.52. The number of nitrogens with one attached hydrogen (secondary N) is 2. The average Bonchev–Trinajstić information content (AvgIpc) is 2.64. The molecule has 0 heterocycles. The fourth-order valence-electron chi connectivity index (χ4n) is 2.30. The molecule has 0 fully saturated rings. The number of ether oxygens (including phenoxy) is 1. The summed E-state index contributed by atoms with van der Waals surface area (Å²) < 4.78 is 5.39. The summed E-state index contributed by atoms with van der Waals surface area (Å²) in [6.07, 6.45) is 24.6. The van der Waals surface area contributed by atoms with E-state index in [-0.39, 0.29) is 0 Å². The minimum absolute atomic E-state index is 0.403. The Morgan fingerprint density at radius 1 is 1.15 bits per heavy atom. The van der Waals surface area contributed by atoms with Gasteiger partial charge < -0.3 is 15.5 Å². The molecule has 0 aliphatic heterocycles. The summed E-state index contributed by atoms with van der Waals surface area (Å²) in [6.45, 7) is 8.58. The van der Waals surface area contributed by atoms with Gasteiger partial charge in [0.15, 0.2) is 0 Å². The number of hydrogen-bond donors (Lipinski definition) is 2. The van der Waals surface area contributed by atoms with Gasteiger partial charge in [0.05, 0.1) is 12.9 Å². The van der Waals surface area contributed by atoms with Crippen molar-refractivity contribution in [2.75, 3.05) is 13.7 Å². The van der Waals surface area contributed by atoms with Gasteiger partial charge in [0, 0.05) is 18.2 Å². The monoisotopic (exact) mass is 370 g/mol. The Morgan fingerprint density at radius 3 is 2.56 bits per heavy atom. The smallest absolute Gasteiger partial charge is 0.0925 e. The van der Waals surface area contributed by atoms with Crippen molar-refractivity contribution in [3.63, 3.8) is 0 Å². The molecule has 1 atom stereocenters. The van der Waals surface area contributed by atoms with Crippen LogP contribution in [0.4, 0.5) is 0 Å². The molecule has 0 radical (unpaired) electrons. The molecule has 150 valence electrons. The Bertz CT molecular complexity index is 577. The van der Waals surface area contributed by atoms with Gasteiger partial charge in [0.2, 0.25) is 0 Å². The SMILES string of the molecule is C/C=C\CCC(/C=C/C(C)=C/CC(/C=C\C)=C/C=C/OCCC(C)=N)NC. The normalized spacial score (nSPS) is 14.9. The van der Waals surface area contributed by atoms with E-state index in [0.717, 1.165) is 19.3 Å². The first-order valence-electron chi connectivity index (χ1n) is 9.80. The van der Waals surface area contributed by atoms with Crippen LogP contribution in [0.5, 0.6) is 0 Å². The van der Waals surface area contributed by atoms with Crippen LogP contribution in [0.3, 0.4) is 0 Å². The molecule has 1 unspecified atom stereocenters. The second-order valence-corrected chi connectivity index (χ2v) is 6.52. The first-order valence-corrected chi connectivity index (χ1v) is 9.80. The van der Waals surface area contributed by atoms with E-state index in [9.17, 15) is 0 Å². The zero-order valence-electron chi connectivity index (χ0n) is 17.8. The minimum atomic E-state index is 0.403. The van der Waals surface area contributed by atoms with Crippen molar-refractivity contribution in [1.29, 1.82) is 5.41 Å². The molecule has 0 saturated carbocycles. The third-order valence-electron chi connectivity index (χ3n) is 3.96. The zero-order chi connectivity index (χ0) is 20.3. The maximum absolute atomic E-state index is 7.36. The molecule has 0 spiro atoms. The van der Waals surface area contributed by atoms with Gasteiger partial charge in [-0.05, 0) is 65.7 Å². The summed E-state index contributed by atoms with van der Waals surface area (Å²) >= 11 is 0. The Morgan fingerprint density at radius 2 is 1.93 bits per heavy atom. The van der Waals surface area contributed by atoms with Crippen molar-refractivity contribution < 1.29 is 4.74 Å². The van der Waals surface area contributed by atoms with Crippen molar-refractivity contribution in [2.45, 2.75) is 59.4 Å². The van der Waals surface area contributed by atoms with Gasteiger partial charge in [0.25, 0.3) is 0 Å². The molecule has 0 aromatic rings. The van der Waals surface area contributed by atoms with Gasteiger partial charge in [0.1, 0.15) is 0 Å². The first kappa shape index (κ1) is 24.9. The summed E-state index contributed by atoms with van der Waals surface area (Å²) in [5.41, 5.74) is 3.13. The molecule has 0 aliphatic carbocycles. The quantitative estimate of drug-likeness (QED) is 0.124. The number of likely N-dealkylation sites (N-methyl/N-ethyl adjacent to an activating group) is 1. The number of rotatable bonds is 14. The van der Waals surface area contributed by atoms with Crippen LogP contribution in [0.1, 0.15) is 53.4 Å². The van der Waals surface area contributed by atoms with Crippen LogP contribution in [0.25, 0.3) is 0 Å². The third-order valence-corrected chi connectivity index (χ3v) is 3.96. The third kappa shape index (κ3) is 15.8. The van der Waals surface area contributed by atoms with Gasteiger partial charge in [-0.2, -0.15) is 0 Å². The number of allylic oxidation sites excluding steroid dienone is 10. The molecule has 0 aliphatic rings. The average molecular weight is 371 g/mol. The largest absolute Gasteiger partial charge is 0.501 e. The van der Waals surface area contributed by atoms with Gasteiger partial charge in [-0.1, -0.05) is 54.2 Å². The van der Waals surface area contributed by atoms with Crippen LogP contribution in [-0.4, -0.2) is 25.4 Å². The molecule has 0 aromatic heterocycles. The molecular weight excluding hydrogens is 332 g/mol. The summed E-state index contributed by atoms with van der Waals surface area (Å²) in [7, 11) is 2.01. The van der Waals surface area contributed by atoms with E-state index in [4.69, 9.17) is 10.1 Å². The van der Waals surface area contributed by atoms with E-state index in [1.807, 2.05) is 20.0 Å². The summed E-state index contributed by atoms with van der Waals surface area (Å²) in [5, 5.41) is 10.7. The van der Waals surface area contributed by atoms with E-state index < -0.39 is 0 Å². The molecule has 3 heteroatoms. The number of hydrogen-bond acceptors (Lipinski definition) is 3. The van der Waals surface area contributed by atoms with E-state index >= 15 is 0 Å². The molecule has 0 amide bonds. The van der Waals surface area contributed by atoms with Crippen molar-refractivity contribution >= 4 is 5.71 Å². The Kier molecular flexibility index (Phi) is 15.9. The minimum Gasteiger partial charge on any atom is -0.501 e. The zero-order valence-corrected chi connectivity index (χ0v) is 17.8. The van der Waals surface area contributed by atoms with Gasteiger partial charge in [-0.25, -0.2) is 0 Å². The second kappa shape index (κ2) is 17.3. The molecule has 2 N–H and O–H groups in total. The summed E-state index contributed by atoms with van der Waals surface area (Å²) in [6, 6.07) is 0.403. The van der Waals surface area contributed by atoms with E-state index in [2.05, 4.69) is 67.8 Å². The highest BCUT2D eigenvalue weighted by Gasteiger charge is 1.99. The summed E-state index contributed by atoms with van der Waals surface area (Å²) in [4.78, 5) is 0. The van der Waals surface area contributed by atoms with Crippen molar-refractivity contribution in [1.82, 2.24) is 5.32 Å². The van der Waals surface area contributed by atoms with E-state index in [0.29, 0.717) is 24.8 Å². The lowest BCUT2D eigenvalue weighted by atomic mass is 10.1. The fourth-order valence-corrected chi connectivity index (χ4v) is 2.30.